The maximum atomic E-state index is 8.77. The highest BCUT2D eigenvalue weighted by atomic mass is 32.2. The first-order chi connectivity index (χ1) is 11.7. The molecule has 0 aliphatic carbocycles. The molecule has 2 heterocycles. The van der Waals surface area contributed by atoms with Crippen molar-refractivity contribution in [2.24, 2.45) is 0 Å². The van der Waals surface area contributed by atoms with Gasteiger partial charge in [-0.05, 0) is 55.1 Å². The van der Waals surface area contributed by atoms with E-state index in [1.807, 2.05) is 41.8 Å². The van der Waals surface area contributed by atoms with Crippen LogP contribution in [0.15, 0.2) is 46.6 Å². The number of nitriles is 1. The molecule has 0 unspecified atom stereocenters. The summed E-state index contributed by atoms with van der Waals surface area (Å²) in [5.74, 6) is 1.58. The van der Waals surface area contributed by atoms with Gasteiger partial charge in [0.15, 0.2) is 16.7 Å². The van der Waals surface area contributed by atoms with Crippen LogP contribution in [0, 0.1) is 11.3 Å². The Kier molecular flexibility index (Phi) is 4.72. The largest absolute Gasteiger partial charge is 0.497 e. The van der Waals surface area contributed by atoms with E-state index in [2.05, 4.69) is 20.4 Å². The number of aromatic nitrogens is 5. The normalized spacial score (nSPS) is 10.4. The molecule has 0 spiro atoms. The molecule has 0 N–H and O–H groups in total. The van der Waals surface area contributed by atoms with Gasteiger partial charge in [-0.25, -0.2) is 0 Å². The van der Waals surface area contributed by atoms with Crippen LogP contribution in [0.4, 0.5) is 0 Å². The van der Waals surface area contributed by atoms with Gasteiger partial charge in [-0.3, -0.25) is 0 Å². The molecule has 0 aliphatic rings. The van der Waals surface area contributed by atoms with E-state index in [1.54, 1.807) is 19.2 Å². The second-order valence-corrected chi connectivity index (χ2v) is 5.74. The van der Waals surface area contributed by atoms with Gasteiger partial charge in [0.25, 0.3) is 0 Å². The van der Waals surface area contributed by atoms with Crippen molar-refractivity contribution in [2.45, 2.75) is 23.7 Å². The van der Waals surface area contributed by atoms with Gasteiger partial charge in [0.2, 0.25) is 0 Å². The van der Waals surface area contributed by atoms with Crippen LogP contribution in [0.25, 0.3) is 11.4 Å². The van der Waals surface area contributed by atoms with Gasteiger partial charge in [-0.2, -0.15) is 5.26 Å². The van der Waals surface area contributed by atoms with Gasteiger partial charge in [0.05, 0.1) is 7.11 Å². The van der Waals surface area contributed by atoms with Crippen LogP contribution in [0.3, 0.4) is 0 Å². The number of methoxy groups -OCH3 is 1. The summed E-state index contributed by atoms with van der Waals surface area (Å²) in [7, 11) is 1.64. The average molecular weight is 338 g/mol. The van der Waals surface area contributed by atoms with Gasteiger partial charge < -0.3 is 9.30 Å². The Balaban J connectivity index is 1.89. The fourth-order valence-electron chi connectivity index (χ4n) is 2.13. The highest BCUT2D eigenvalue weighted by Crippen LogP contribution is 2.28. The molecule has 120 valence electrons. The first-order valence-corrected chi connectivity index (χ1v) is 8.06. The second kappa shape index (κ2) is 7.10. The van der Waals surface area contributed by atoms with Gasteiger partial charge in [-0.1, -0.05) is 0 Å². The van der Waals surface area contributed by atoms with Crippen molar-refractivity contribution < 1.29 is 4.74 Å². The molecular weight excluding hydrogens is 324 g/mol. The third-order valence-corrected chi connectivity index (χ3v) is 4.24. The third-order valence-electron chi connectivity index (χ3n) is 3.33. The number of benzene rings is 1. The van der Waals surface area contributed by atoms with Crippen LogP contribution in [0.2, 0.25) is 0 Å². The molecule has 0 fully saturated rings. The van der Waals surface area contributed by atoms with Gasteiger partial charge >= 0.3 is 0 Å². The number of hydrogen-bond donors (Lipinski definition) is 0. The van der Waals surface area contributed by atoms with Crippen LogP contribution in [0.1, 0.15) is 12.6 Å². The SMILES string of the molecule is CCn1c(Sc2ccc(C#N)nn2)nnc1-c1ccc(OC)cc1. The van der Waals surface area contributed by atoms with Gasteiger partial charge in [0, 0.05) is 12.1 Å². The lowest BCUT2D eigenvalue weighted by Gasteiger charge is -2.07. The molecule has 3 aromatic rings. The molecule has 1 aromatic carbocycles. The van der Waals surface area contributed by atoms with Crippen LogP contribution in [-0.4, -0.2) is 32.1 Å². The minimum atomic E-state index is 0.287. The summed E-state index contributed by atoms with van der Waals surface area (Å²) in [6.07, 6.45) is 0. The van der Waals surface area contributed by atoms with E-state index in [0.717, 1.165) is 28.8 Å². The number of nitrogens with zero attached hydrogens (tertiary/aromatic N) is 6. The van der Waals surface area contributed by atoms with Crippen molar-refractivity contribution in [3.05, 3.63) is 42.1 Å². The smallest absolute Gasteiger partial charge is 0.197 e. The lowest BCUT2D eigenvalue weighted by atomic mass is 10.2. The molecule has 7 nitrogen and oxygen atoms in total. The van der Waals surface area contributed by atoms with Crippen molar-refractivity contribution in [3.63, 3.8) is 0 Å². The topological polar surface area (TPSA) is 89.5 Å². The molecule has 0 aliphatic heterocycles. The number of rotatable bonds is 5. The average Bonchev–Trinajstić information content (AvgIpc) is 3.05. The van der Waals surface area contributed by atoms with Crippen molar-refractivity contribution in [1.82, 2.24) is 25.0 Å². The van der Waals surface area contributed by atoms with Crippen LogP contribution >= 0.6 is 11.8 Å². The predicted octanol–water partition coefficient (Wildman–Crippen LogP) is 2.79. The molecule has 2 aromatic heterocycles. The maximum absolute atomic E-state index is 8.77. The molecule has 8 heteroatoms. The lowest BCUT2D eigenvalue weighted by molar-refractivity contribution is 0.415. The Morgan fingerprint density at radius 3 is 2.46 bits per heavy atom. The number of ether oxygens (including phenoxy) is 1. The summed E-state index contributed by atoms with van der Waals surface area (Å²) in [4.78, 5) is 0. The fraction of sp³-hybridized carbons (Fsp3) is 0.188. The van der Waals surface area contributed by atoms with E-state index in [-0.39, 0.29) is 5.69 Å². The van der Waals surface area contributed by atoms with E-state index < -0.39 is 0 Å². The first-order valence-electron chi connectivity index (χ1n) is 7.24. The number of hydrogen-bond acceptors (Lipinski definition) is 7. The zero-order chi connectivity index (χ0) is 16.9. The Bertz CT molecular complexity index is 867. The van der Waals surface area contributed by atoms with Crippen molar-refractivity contribution in [1.29, 1.82) is 5.26 Å². The fourth-order valence-corrected chi connectivity index (χ4v) is 2.94. The molecule has 0 radical (unpaired) electrons. The molecular formula is C16H14N6OS. The molecule has 0 amide bonds. The highest BCUT2D eigenvalue weighted by molar-refractivity contribution is 7.99. The Morgan fingerprint density at radius 1 is 1.08 bits per heavy atom. The van der Waals surface area contributed by atoms with E-state index in [9.17, 15) is 0 Å². The third kappa shape index (κ3) is 3.21. The first kappa shape index (κ1) is 16.0. The summed E-state index contributed by atoms with van der Waals surface area (Å²) in [6, 6.07) is 13.0. The summed E-state index contributed by atoms with van der Waals surface area (Å²) in [5.41, 5.74) is 1.25. The standard InChI is InChI=1S/C16H14N6OS/c1-3-22-15(11-4-7-13(23-2)8-5-11)20-21-16(22)24-14-9-6-12(10-17)18-19-14/h4-9H,3H2,1-2H3. The summed E-state index contributed by atoms with van der Waals surface area (Å²) in [6.45, 7) is 2.76. The highest BCUT2D eigenvalue weighted by Gasteiger charge is 2.14. The Hall–Kier alpha value is -2.92. The zero-order valence-electron chi connectivity index (χ0n) is 13.2. The maximum Gasteiger partial charge on any atom is 0.197 e. The van der Waals surface area contributed by atoms with E-state index in [1.165, 1.54) is 11.8 Å². The molecule has 24 heavy (non-hydrogen) atoms. The van der Waals surface area contributed by atoms with Crippen LogP contribution in [0.5, 0.6) is 5.75 Å². The van der Waals surface area contributed by atoms with Gasteiger partial charge in [0.1, 0.15) is 16.8 Å². The summed E-state index contributed by atoms with van der Waals surface area (Å²) < 4.78 is 7.19. The molecule has 0 atom stereocenters. The van der Waals surface area contributed by atoms with E-state index in [4.69, 9.17) is 10.00 Å². The Labute approximate surface area is 143 Å². The van der Waals surface area contributed by atoms with Crippen LogP contribution in [-0.2, 0) is 6.54 Å². The molecule has 0 bridgehead atoms. The molecule has 0 saturated carbocycles. The molecule has 0 saturated heterocycles. The Morgan fingerprint density at radius 2 is 1.88 bits per heavy atom. The molecule has 3 rings (SSSR count). The summed E-state index contributed by atoms with van der Waals surface area (Å²) in [5, 5.41) is 26.6. The van der Waals surface area contributed by atoms with Crippen LogP contribution < -0.4 is 4.74 Å². The van der Waals surface area contributed by atoms with Crippen molar-refractivity contribution in [2.75, 3.05) is 7.11 Å². The minimum absolute atomic E-state index is 0.287. The lowest BCUT2D eigenvalue weighted by Crippen LogP contribution is -2.00. The van der Waals surface area contributed by atoms with E-state index in [0.29, 0.717) is 5.03 Å². The zero-order valence-corrected chi connectivity index (χ0v) is 14.0. The minimum Gasteiger partial charge on any atom is -0.497 e. The predicted molar refractivity (Wildman–Crippen MR) is 88.6 cm³/mol. The van der Waals surface area contributed by atoms with Crippen molar-refractivity contribution in [3.8, 4) is 23.2 Å². The second-order valence-electron chi connectivity index (χ2n) is 4.75. The van der Waals surface area contributed by atoms with Crippen molar-refractivity contribution >= 4 is 11.8 Å². The van der Waals surface area contributed by atoms with E-state index >= 15 is 0 Å². The summed E-state index contributed by atoms with van der Waals surface area (Å²) >= 11 is 1.36. The monoisotopic (exact) mass is 338 g/mol. The quantitative estimate of drug-likeness (QED) is 0.706. The van der Waals surface area contributed by atoms with Gasteiger partial charge in [-0.15, -0.1) is 20.4 Å².